The summed E-state index contributed by atoms with van der Waals surface area (Å²) in [4.78, 5) is 45.3. The standard InChI is InChI=1S/C19H16O8/c20-16(21)12-4-1-6-14(10-12)18(24)26-8-3-9-27-19(25)15-7-2-5-13(11-15)17(22)23/h1-2,4-7,10-11H,3,8-9H2,(H,20,21)(H,22,23)/p-1. The van der Waals surface area contributed by atoms with Gasteiger partial charge in [0.25, 0.3) is 0 Å². The lowest BCUT2D eigenvalue weighted by molar-refractivity contribution is -0.255. The maximum atomic E-state index is 11.9. The van der Waals surface area contributed by atoms with Gasteiger partial charge in [-0.25, -0.2) is 14.4 Å². The van der Waals surface area contributed by atoms with Crippen molar-refractivity contribution in [2.24, 2.45) is 0 Å². The third kappa shape index (κ3) is 5.67. The Morgan fingerprint density at radius 2 is 1.22 bits per heavy atom. The molecule has 0 bridgehead atoms. The zero-order valence-corrected chi connectivity index (χ0v) is 14.0. The van der Waals surface area contributed by atoms with Crippen LogP contribution in [0.2, 0.25) is 0 Å². The average molecular weight is 371 g/mol. The van der Waals surface area contributed by atoms with E-state index in [0.29, 0.717) is 0 Å². The third-order valence-corrected chi connectivity index (χ3v) is 3.43. The Morgan fingerprint density at radius 1 is 0.778 bits per heavy atom. The van der Waals surface area contributed by atoms with E-state index in [4.69, 9.17) is 14.6 Å². The summed E-state index contributed by atoms with van der Waals surface area (Å²) in [6, 6.07) is 10.7. The van der Waals surface area contributed by atoms with E-state index in [1.54, 1.807) is 0 Å². The molecule has 0 heterocycles. The van der Waals surface area contributed by atoms with Gasteiger partial charge in [-0.05, 0) is 35.9 Å². The van der Waals surface area contributed by atoms with Crippen molar-refractivity contribution >= 4 is 23.9 Å². The zero-order valence-electron chi connectivity index (χ0n) is 14.0. The number of hydrogen-bond donors (Lipinski definition) is 1. The Balaban J connectivity index is 1.77. The number of carbonyl (C=O) groups is 4. The van der Waals surface area contributed by atoms with Crippen molar-refractivity contribution in [2.45, 2.75) is 6.42 Å². The highest BCUT2D eigenvalue weighted by Gasteiger charge is 2.11. The number of aromatic carboxylic acids is 2. The molecule has 2 rings (SSSR count). The molecule has 0 saturated heterocycles. The van der Waals surface area contributed by atoms with E-state index in [2.05, 4.69) is 0 Å². The van der Waals surface area contributed by atoms with Crippen molar-refractivity contribution in [1.82, 2.24) is 0 Å². The van der Waals surface area contributed by atoms with Crippen molar-refractivity contribution in [3.63, 3.8) is 0 Å². The Bertz CT molecular complexity index is 800. The lowest BCUT2D eigenvalue weighted by Gasteiger charge is -2.08. The van der Waals surface area contributed by atoms with E-state index in [1.165, 1.54) is 42.5 Å². The molecule has 0 unspecified atom stereocenters. The summed E-state index contributed by atoms with van der Waals surface area (Å²) in [6.07, 6.45) is 0.219. The van der Waals surface area contributed by atoms with Crippen LogP contribution in [0, 0.1) is 0 Å². The van der Waals surface area contributed by atoms with Crippen LogP contribution in [0.25, 0.3) is 0 Å². The smallest absolute Gasteiger partial charge is 0.338 e. The lowest BCUT2D eigenvalue weighted by Crippen LogP contribution is -2.22. The van der Waals surface area contributed by atoms with Gasteiger partial charge in [0.2, 0.25) is 0 Å². The quantitative estimate of drug-likeness (QED) is 0.540. The number of benzene rings is 2. The van der Waals surface area contributed by atoms with Crippen LogP contribution in [0.15, 0.2) is 48.5 Å². The number of hydrogen-bond acceptors (Lipinski definition) is 7. The fourth-order valence-electron chi connectivity index (χ4n) is 2.11. The van der Waals surface area contributed by atoms with E-state index in [0.717, 1.165) is 6.07 Å². The molecule has 2 aromatic carbocycles. The van der Waals surface area contributed by atoms with Crippen LogP contribution in [-0.2, 0) is 9.47 Å². The van der Waals surface area contributed by atoms with Gasteiger partial charge in [0.15, 0.2) is 0 Å². The fourth-order valence-corrected chi connectivity index (χ4v) is 2.11. The van der Waals surface area contributed by atoms with Crippen molar-refractivity contribution in [1.29, 1.82) is 0 Å². The topological polar surface area (TPSA) is 130 Å². The van der Waals surface area contributed by atoms with Crippen LogP contribution in [0.4, 0.5) is 0 Å². The van der Waals surface area contributed by atoms with Crippen molar-refractivity contribution in [2.75, 3.05) is 13.2 Å². The summed E-state index contributed by atoms with van der Waals surface area (Å²) in [7, 11) is 0. The Labute approximate surface area is 154 Å². The predicted molar refractivity (Wildman–Crippen MR) is 89.4 cm³/mol. The van der Waals surface area contributed by atoms with Gasteiger partial charge >= 0.3 is 17.9 Å². The number of carboxylic acids is 2. The van der Waals surface area contributed by atoms with E-state index in [-0.39, 0.29) is 41.9 Å². The molecule has 0 atom stereocenters. The Kier molecular flexibility index (Phi) is 6.65. The molecule has 0 saturated carbocycles. The van der Waals surface area contributed by atoms with E-state index in [1.807, 2.05) is 0 Å². The van der Waals surface area contributed by atoms with Gasteiger partial charge < -0.3 is 24.5 Å². The number of carboxylic acid groups (broad SMARTS) is 2. The van der Waals surface area contributed by atoms with Gasteiger partial charge in [0, 0.05) is 6.42 Å². The first-order valence-electron chi connectivity index (χ1n) is 7.87. The Hall–Kier alpha value is -3.68. The minimum Gasteiger partial charge on any atom is -0.545 e. The normalized spacial score (nSPS) is 10.1. The maximum Gasteiger partial charge on any atom is 0.338 e. The van der Waals surface area contributed by atoms with Gasteiger partial charge in [-0.2, -0.15) is 0 Å². The number of esters is 2. The molecule has 140 valence electrons. The minimum absolute atomic E-state index is 0.0304. The molecule has 0 amide bonds. The minimum atomic E-state index is -1.40. The lowest BCUT2D eigenvalue weighted by atomic mass is 10.1. The van der Waals surface area contributed by atoms with E-state index in [9.17, 15) is 24.3 Å². The largest absolute Gasteiger partial charge is 0.545 e. The monoisotopic (exact) mass is 371 g/mol. The van der Waals surface area contributed by atoms with Crippen LogP contribution in [0.1, 0.15) is 47.9 Å². The average Bonchev–Trinajstić information content (AvgIpc) is 2.67. The molecule has 0 aliphatic carbocycles. The molecule has 8 nitrogen and oxygen atoms in total. The van der Waals surface area contributed by atoms with Gasteiger partial charge in [0.1, 0.15) is 0 Å². The van der Waals surface area contributed by atoms with Crippen LogP contribution in [-0.4, -0.2) is 42.2 Å². The molecular formula is C19H15O8-. The van der Waals surface area contributed by atoms with Crippen LogP contribution < -0.4 is 5.11 Å². The van der Waals surface area contributed by atoms with Gasteiger partial charge in [-0.1, -0.05) is 18.2 Å². The summed E-state index contributed by atoms with van der Waals surface area (Å²) in [5.41, 5.74) is 0.00399. The van der Waals surface area contributed by atoms with E-state index >= 15 is 0 Å². The molecule has 0 aliphatic rings. The van der Waals surface area contributed by atoms with Gasteiger partial charge in [-0.15, -0.1) is 0 Å². The first kappa shape index (κ1) is 19.6. The SMILES string of the molecule is O=C([O-])c1cccc(C(=O)OCCCOC(=O)c2cccc(C(=O)O)c2)c1. The molecule has 0 aromatic heterocycles. The number of carbonyl (C=O) groups excluding carboxylic acids is 3. The summed E-state index contributed by atoms with van der Waals surface area (Å²) in [5, 5.41) is 19.7. The second-order valence-electron chi connectivity index (χ2n) is 5.38. The molecule has 27 heavy (non-hydrogen) atoms. The predicted octanol–water partition coefficient (Wildman–Crippen LogP) is 1.15. The summed E-state index contributed by atoms with van der Waals surface area (Å²) in [5.74, 6) is -3.95. The van der Waals surface area contributed by atoms with Gasteiger partial charge in [-0.3, -0.25) is 0 Å². The molecule has 0 fully saturated rings. The van der Waals surface area contributed by atoms with Crippen molar-refractivity contribution in [3.05, 3.63) is 70.8 Å². The summed E-state index contributed by atoms with van der Waals surface area (Å²) >= 11 is 0. The summed E-state index contributed by atoms with van der Waals surface area (Å²) in [6.45, 7) is -0.0840. The molecule has 2 aromatic rings. The van der Waals surface area contributed by atoms with Crippen LogP contribution >= 0.6 is 0 Å². The first-order valence-corrected chi connectivity index (χ1v) is 7.87. The molecule has 0 radical (unpaired) electrons. The number of ether oxygens (including phenoxy) is 2. The van der Waals surface area contributed by atoms with Crippen molar-refractivity contribution in [3.8, 4) is 0 Å². The molecule has 0 spiro atoms. The van der Waals surface area contributed by atoms with Crippen molar-refractivity contribution < 1.29 is 38.9 Å². The summed E-state index contributed by atoms with van der Waals surface area (Å²) < 4.78 is 9.97. The van der Waals surface area contributed by atoms with Crippen LogP contribution in [0.5, 0.6) is 0 Å². The van der Waals surface area contributed by atoms with Gasteiger partial charge in [0.05, 0.1) is 35.9 Å². The molecule has 0 aliphatic heterocycles. The zero-order chi connectivity index (χ0) is 19.8. The molecule has 8 heteroatoms. The second kappa shape index (κ2) is 9.14. The fraction of sp³-hybridized carbons (Fsp3) is 0.158. The molecule has 1 N–H and O–H groups in total. The van der Waals surface area contributed by atoms with Crippen LogP contribution in [0.3, 0.4) is 0 Å². The second-order valence-corrected chi connectivity index (χ2v) is 5.38. The molecular weight excluding hydrogens is 356 g/mol. The van der Waals surface area contributed by atoms with E-state index < -0.39 is 23.9 Å². The highest BCUT2D eigenvalue weighted by Crippen LogP contribution is 2.08. The Morgan fingerprint density at radius 3 is 1.70 bits per heavy atom. The highest BCUT2D eigenvalue weighted by molar-refractivity contribution is 5.95. The third-order valence-electron chi connectivity index (χ3n) is 3.43. The maximum absolute atomic E-state index is 11.9. The first-order chi connectivity index (χ1) is 12.9. The highest BCUT2D eigenvalue weighted by atomic mass is 16.5. The number of rotatable bonds is 8.